The first-order valence-corrected chi connectivity index (χ1v) is 7.85. The third-order valence-electron chi connectivity index (χ3n) is 2.83. The van der Waals surface area contributed by atoms with Gasteiger partial charge < -0.3 is 11.1 Å². The number of nitrogens with one attached hydrogen (secondary N) is 1. The Morgan fingerprint density at radius 3 is 2.10 bits per heavy atom. The Kier molecular flexibility index (Phi) is 7.79. The normalized spacial score (nSPS) is 11.7. The van der Waals surface area contributed by atoms with E-state index in [4.69, 9.17) is 5.73 Å². The van der Waals surface area contributed by atoms with E-state index in [2.05, 4.69) is 50.4 Å². The smallest absolute Gasteiger partial charge is 0.230 e. The van der Waals surface area contributed by atoms with E-state index in [9.17, 15) is 4.79 Å². The van der Waals surface area contributed by atoms with Gasteiger partial charge in [0.2, 0.25) is 5.91 Å². The molecule has 0 aliphatic carbocycles. The predicted octanol–water partition coefficient (Wildman–Crippen LogP) is 3.35. The zero-order chi connectivity index (χ0) is 15.4. The number of halogens is 1. The zero-order valence-corrected chi connectivity index (χ0v) is 15.2. The molecule has 3 nitrogen and oxygen atoms in total. The van der Waals surface area contributed by atoms with Gasteiger partial charge in [-0.15, -0.1) is 24.2 Å². The maximum Gasteiger partial charge on any atom is 0.230 e. The summed E-state index contributed by atoms with van der Waals surface area (Å²) in [6.45, 7) is 10.9. The number of amides is 1. The Bertz CT molecular complexity index is 447. The van der Waals surface area contributed by atoms with Crippen LogP contribution in [0.4, 0.5) is 0 Å². The van der Waals surface area contributed by atoms with Crippen molar-refractivity contribution in [3.63, 3.8) is 0 Å². The highest BCUT2D eigenvalue weighted by atomic mass is 35.5. The molecule has 0 saturated heterocycles. The lowest BCUT2D eigenvalue weighted by Gasteiger charge is -2.19. The third-order valence-corrected chi connectivity index (χ3v) is 3.84. The molecule has 1 rings (SSSR count). The molecule has 0 aromatic heterocycles. The summed E-state index contributed by atoms with van der Waals surface area (Å²) in [6.07, 6.45) is 0. The lowest BCUT2D eigenvalue weighted by molar-refractivity contribution is -0.118. The quantitative estimate of drug-likeness (QED) is 0.814. The molecule has 5 heteroatoms. The van der Waals surface area contributed by atoms with E-state index in [0.29, 0.717) is 12.3 Å². The van der Waals surface area contributed by atoms with Crippen molar-refractivity contribution in [3.05, 3.63) is 29.8 Å². The molecule has 0 radical (unpaired) electrons. The average molecular weight is 331 g/mol. The fourth-order valence-corrected chi connectivity index (χ4v) is 2.31. The first kappa shape index (κ1) is 20.3. The van der Waals surface area contributed by atoms with Gasteiger partial charge in [-0.2, -0.15) is 0 Å². The van der Waals surface area contributed by atoms with Gasteiger partial charge in [0.05, 0.1) is 5.75 Å². The van der Waals surface area contributed by atoms with Crippen LogP contribution in [0.5, 0.6) is 0 Å². The average Bonchev–Trinajstić information content (AvgIpc) is 2.32. The van der Waals surface area contributed by atoms with Gasteiger partial charge in [0.1, 0.15) is 0 Å². The van der Waals surface area contributed by atoms with E-state index in [1.165, 1.54) is 5.56 Å². The number of carbonyl (C=O) groups excluding carboxylic acids is 1. The number of benzene rings is 1. The lowest BCUT2D eigenvalue weighted by Crippen LogP contribution is -2.45. The first-order chi connectivity index (χ1) is 9.08. The Morgan fingerprint density at radius 2 is 1.67 bits per heavy atom. The van der Waals surface area contributed by atoms with Gasteiger partial charge in [0, 0.05) is 17.0 Å². The van der Waals surface area contributed by atoms with E-state index in [0.717, 1.165) is 4.90 Å². The predicted molar refractivity (Wildman–Crippen MR) is 94.4 cm³/mol. The van der Waals surface area contributed by atoms with Crippen molar-refractivity contribution >= 4 is 30.1 Å². The molecule has 0 bridgehead atoms. The van der Waals surface area contributed by atoms with Gasteiger partial charge in [-0.3, -0.25) is 4.79 Å². The van der Waals surface area contributed by atoms with Crippen LogP contribution in [0.25, 0.3) is 0 Å². The Labute approximate surface area is 138 Å². The number of hydrogen-bond donors (Lipinski definition) is 2. The molecular formula is C16H27ClN2OS. The molecular weight excluding hydrogens is 304 g/mol. The van der Waals surface area contributed by atoms with Crippen LogP contribution in [0.15, 0.2) is 29.2 Å². The molecule has 0 atom stereocenters. The summed E-state index contributed by atoms with van der Waals surface area (Å²) >= 11 is 1.55. The second-order valence-electron chi connectivity index (χ2n) is 6.83. The fraction of sp³-hybridized carbons (Fsp3) is 0.562. The van der Waals surface area contributed by atoms with E-state index in [1.807, 2.05) is 13.8 Å². The first-order valence-electron chi connectivity index (χ1n) is 6.87. The van der Waals surface area contributed by atoms with Crippen LogP contribution in [-0.4, -0.2) is 23.7 Å². The lowest BCUT2D eigenvalue weighted by atomic mass is 9.87. The standard InChI is InChI=1S/C16H26N2OS.ClH/c1-15(2,3)12-6-8-13(9-7-12)20-10-14(19)18-11-16(4,5)17;/h6-9H,10-11,17H2,1-5H3,(H,18,19);1H. The van der Waals surface area contributed by atoms with Crippen LogP contribution in [0, 0.1) is 0 Å². The molecule has 0 aliphatic heterocycles. The van der Waals surface area contributed by atoms with E-state index < -0.39 is 0 Å². The molecule has 0 saturated carbocycles. The molecule has 1 aromatic carbocycles. The van der Waals surface area contributed by atoms with Gasteiger partial charge >= 0.3 is 0 Å². The van der Waals surface area contributed by atoms with Crippen LogP contribution < -0.4 is 11.1 Å². The van der Waals surface area contributed by atoms with Gasteiger partial charge in [-0.25, -0.2) is 0 Å². The summed E-state index contributed by atoms with van der Waals surface area (Å²) in [5.74, 6) is 0.443. The summed E-state index contributed by atoms with van der Waals surface area (Å²) in [5.41, 5.74) is 6.92. The van der Waals surface area contributed by atoms with Crippen LogP contribution in [0.1, 0.15) is 40.2 Å². The number of thioether (sulfide) groups is 1. The van der Waals surface area contributed by atoms with Crippen molar-refractivity contribution in [3.8, 4) is 0 Å². The van der Waals surface area contributed by atoms with Crippen molar-refractivity contribution in [1.82, 2.24) is 5.32 Å². The maximum absolute atomic E-state index is 11.7. The highest BCUT2D eigenvalue weighted by Crippen LogP contribution is 2.25. The molecule has 0 spiro atoms. The van der Waals surface area contributed by atoms with Crippen molar-refractivity contribution in [2.24, 2.45) is 5.73 Å². The number of hydrogen-bond acceptors (Lipinski definition) is 3. The Morgan fingerprint density at radius 1 is 1.14 bits per heavy atom. The van der Waals surface area contributed by atoms with Crippen LogP contribution in [-0.2, 0) is 10.2 Å². The van der Waals surface area contributed by atoms with Gasteiger partial charge in [-0.05, 0) is 37.0 Å². The Hall–Kier alpha value is -0.710. The summed E-state index contributed by atoms with van der Waals surface area (Å²) in [6, 6.07) is 8.41. The molecule has 1 amide bonds. The molecule has 3 N–H and O–H groups in total. The molecule has 0 aliphatic rings. The van der Waals surface area contributed by atoms with E-state index >= 15 is 0 Å². The van der Waals surface area contributed by atoms with Crippen molar-refractivity contribution in [2.45, 2.75) is 50.5 Å². The molecule has 0 fully saturated rings. The highest BCUT2D eigenvalue weighted by Gasteiger charge is 2.14. The molecule has 1 aromatic rings. The van der Waals surface area contributed by atoms with Gasteiger partial charge in [0.15, 0.2) is 0 Å². The van der Waals surface area contributed by atoms with Crippen LogP contribution in [0.3, 0.4) is 0 Å². The van der Waals surface area contributed by atoms with E-state index in [-0.39, 0.29) is 29.3 Å². The van der Waals surface area contributed by atoms with E-state index in [1.54, 1.807) is 11.8 Å². The number of nitrogens with two attached hydrogens (primary N) is 1. The van der Waals surface area contributed by atoms with Crippen LogP contribution >= 0.6 is 24.2 Å². The summed E-state index contributed by atoms with van der Waals surface area (Å²) in [7, 11) is 0. The van der Waals surface area contributed by atoms with Gasteiger partial charge in [0.25, 0.3) is 0 Å². The molecule has 120 valence electrons. The minimum Gasteiger partial charge on any atom is -0.354 e. The Balaban J connectivity index is 0.00000400. The maximum atomic E-state index is 11.7. The topological polar surface area (TPSA) is 55.1 Å². The molecule has 21 heavy (non-hydrogen) atoms. The third kappa shape index (κ3) is 8.34. The molecule has 0 heterocycles. The summed E-state index contributed by atoms with van der Waals surface area (Å²) in [4.78, 5) is 12.8. The van der Waals surface area contributed by atoms with Crippen molar-refractivity contribution in [2.75, 3.05) is 12.3 Å². The zero-order valence-electron chi connectivity index (χ0n) is 13.5. The van der Waals surface area contributed by atoms with Gasteiger partial charge in [-0.1, -0.05) is 32.9 Å². The minimum atomic E-state index is -0.366. The molecule has 0 unspecified atom stereocenters. The van der Waals surface area contributed by atoms with Crippen molar-refractivity contribution < 1.29 is 4.79 Å². The monoisotopic (exact) mass is 330 g/mol. The SMILES string of the molecule is CC(C)(N)CNC(=O)CSc1ccc(C(C)(C)C)cc1.Cl. The summed E-state index contributed by atoms with van der Waals surface area (Å²) in [5, 5.41) is 2.84. The number of rotatable bonds is 5. The number of carbonyl (C=O) groups is 1. The highest BCUT2D eigenvalue weighted by molar-refractivity contribution is 8.00. The fourth-order valence-electron chi connectivity index (χ4n) is 1.58. The minimum absolute atomic E-state index is 0. The van der Waals surface area contributed by atoms with Crippen molar-refractivity contribution in [1.29, 1.82) is 0 Å². The largest absolute Gasteiger partial charge is 0.354 e. The van der Waals surface area contributed by atoms with Crippen LogP contribution in [0.2, 0.25) is 0 Å². The second kappa shape index (κ2) is 8.06. The second-order valence-corrected chi connectivity index (χ2v) is 7.88. The summed E-state index contributed by atoms with van der Waals surface area (Å²) < 4.78 is 0.